The molecule has 2 N–H and O–H groups in total. The Bertz CT molecular complexity index is 1230. The number of nitrogens with zero attached hydrogens (tertiary/aromatic N) is 5. The molecule has 1 aromatic carbocycles. The summed E-state index contributed by atoms with van der Waals surface area (Å²) in [6.45, 7) is 3.59. The maximum atomic E-state index is 13.2. The van der Waals surface area contributed by atoms with Crippen LogP contribution in [-0.2, 0) is 6.61 Å². The number of benzene rings is 1. The molecule has 32 heavy (non-hydrogen) atoms. The molecule has 0 aliphatic heterocycles. The van der Waals surface area contributed by atoms with Crippen molar-refractivity contribution in [2.24, 2.45) is 0 Å². The van der Waals surface area contributed by atoms with Crippen LogP contribution in [0.15, 0.2) is 55.0 Å². The number of pyridine rings is 1. The molecule has 0 fully saturated rings. The van der Waals surface area contributed by atoms with E-state index in [1.807, 2.05) is 30.7 Å². The van der Waals surface area contributed by atoms with Crippen LogP contribution in [0.4, 0.5) is 10.2 Å². The molecule has 0 unspecified atom stereocenters. The summed E-state index contributed by atoms with van der Waals surface area (Å²) in [5.41, 5.74) is 3.97. The molecule has 0 bridgehead atoms. The second-order valence-electron chi connectivity index (χ2n) is 7.31. The van der Waals surface area contributed by atoms with Crippen LogP contribution < -0.4 is 10.1 Å². The van der Waals surface area contributed by atoms with Gasteiger partial charge >= 0.3 is 0 Å². The first-order chi connectivity index (χ1) is 15.5. The van der Waals surface area contributed by atoms with Gasteiger partial charge in [0.25, 0.3) is 0 Å². The number of ether oxygens (including phenoxy) is 1. The van der Waals surface area contributed by atoms with Crippen LogP contribution >= 0.6 is 0 Å². The lowest BCUT2D eigenvalue weighted by molar-refractivity contribution is 0.276. The van der Waals surface area contributed by atoms with Crippen molar-refractivity contribution in [3.05, 3.63) is 77.8 Å². The van der Waals surface area contributed by atoms with Crippen molar-refractivity contribution >= 4 is 5.82 Å². The second kappa shape index (κ2) is 9.11. The normalized spacial score (nSPS) is 11.9. The minimum atomic E-state index is -0.282. The van der Waals surface area contributed by atoms with E-state index in [1.165, 1.54) is 12.1 Å². The van der Waals surface area contributed by atoms with Gasteiger partial charge in [-0.1, -0.05) is 12.1 Å². The molecular weight excluding hydrogens is 411 g/mol. The standard InChI is InChI=1S/C23H23FN6O2/c1-14-11-30(13-25-14)20-9-8-18(27-19(20)12-31)23-21(32-3)10-22(28-29-23)26-15(2)16-4-6-17(24)7-5-16/h4-11,13,15,31H,12H2,1-3H3,(H,26,28)/t15-/m0/s1. The number of halogens is 1. The number of imidazole rings is 1. The van der Waals surface area contributed by atoms with Gasteiger partial charge in [0.2, 0.25) is 0 Å². The van der Waals surface area contributed by atoms with Crippen LogP contribution in [0.25, 0.3) is 17.1 Å². The highest BCUT2D eigenvalue weighted by Crippen LogP contribution is 2.30. The minimum Gasteiger partial charge on any atom is -0.494 e. The summed E-state index contributed by atoms with van der Waals surface area (Å²) in [5, 5.41) is 21.7. The van der Waals surface area contributed by atoms with E-state index in [2.05, 4.69) is 25.5 Å². The molecule has 0 aliphatic carbocycles. The summed E-state index contributed by atoms with van der Waals surface area (Å²) in [6.07, 6.45) is 3.54. The highest BCUT2D eigenvalue weighted by atomic mass is 19.1. The number of aromatic nitrogens is 5. The van der Waals surface area contributed by atoms with Gasteiger partial charge < -0.3 is 19.7 Å². The number of hydrogen-bond donors (Lipinski definition) is 2. The number of aliphatic hydroxyl groups excluding tert-OH is 1. The van der Waals surface area contributed by atoms with Crippen LogP contribution in [0.3, 0.4) is 0 Å². The molecule has 4 aromatic rings. The number of aryl methyl sites for hydroxylation is 1. The van der Waals surface area contributed by atoms with Gasteiger partial charge in [-0.15, -0.1) is 10.2 Å². The summed E-state index contributed by atoms with van der Waals surface area (Å²) >= 11 is 0. The van der Waals surface area contributed by atoms with E-state index in [9.17, 15) is 9.50 Å². The number of methoxy groups -OCH3 is 1. The van der Waals surface area contributed by atoms with Crippen molar-refractivity contribution < 1.29 is 14.2 Å². The molecule has 0 aliphatic rings. The van der Waals surface area contributed by atoms with E-state index in [0.717, 1.165) is 16.9 Å². The molecule has 0 spiro atoms. The maximum Gasteiger partial charge on any atom is 0.153 e. The summed E-state index contributed by atoms with van der Waals surface area (Å²) in [4.78, 5) is 8.79. The van der Waals surface area contributed by atoms with Crippen LogP contribution in [0, 0.1) is 12.7 Å². The second-order valence-corrected chi connectivity index (χ2v) is 7.31. The molecule has 3 aromatic heterocycles. The van der Waals surface area contributed by atoms with E-state index in [1.54, 1.807) is 37.7 Å². The van der Waals surface area contributed by atoms with Crippen LogP contribution in [0.1, 0.15) is 29.9 Å². The van der Waals surface area contributed by atoms with Gasteiger partial charge in [0.1, 0.15) is 5.82 Å². The number of nitrogens with one attached hydrogen (secondary N) is 1. The van der Waals surface area contributed by atoms with Gasteiger partial charge in [-0.2, -0.15) is 0 Å². The largest absolute Gasteiger partial charge is 0.494 e. The Balaban J connectivity index is 1.62. The van der Waals surface area contributed by atoms with Gasteiger partial charge in [-0.25, -0.2) is 14.4 Å². The first-order valence-corrected chi connectivity index (χ1v) is 10.0. The van der Waals surface area contributed by atoms with Gasteiger partial charge in [0, 0.05) is 12.3 Å². The Labute approximate surface area is 184 Å². The lowest BCUT2D eigenvalue weighted by atomic mass is 10.1. The Kier molecular flexibility index (Phi) is 6.09. The smallest absolute Gasteiger partial charge is 0.153 e. The molecule has 4 rings (SSSR count). The zero-order valence-electron chi connectivity index (χ0n) is 18.0. The Morgan fingerprint density at radius 2 is 1.94 bits per heavy atom. The third-order valence-electron chi connectivity index (χ3n) is 5.05. The zero-order chi connectivity index (χ0) is 22.7. The monoisotopic (exact) mass is 434 g/mol. The van der Waals surface area contributed by atoms with E-state index in [4.69, 9.17) is 4.74 Å². The average Bonchev–Trinajstić information content (AvgIpc) is 3.25. The first-order valence-electron chi connectivity index (χ1n) is 10.0. The highest BCUT2D eigenvalue weighted by Gasteiger charge is 2.16. The SMILES string of the molecule is COc1cc(N[C@@H](C)c2ccc(F)cc2)nnc1-c1ccc(-n2cnc(C)c2)c(CO)n1. The third kappa shape index (κ3) is 4.42. The molecule has 8 nitrogen and oxygen atoms in total. The summed E-state index contributed by atoms with van der Waals surface area (Å²) in [6, 6.07) is 11.5. The third-order valence-corrected chi connectivity index (χ3v) is 5.05. The van der Waals surface area contributed by atoms with Crippen molar-refractivity contribution in [2.45, 2.75) is 26.5 Å². The quantitative estimate of drug-likeness (QED) is 0.456. The molecule has 0 radical (unpaired) electrons. The number of anilines is 1. The van der Waals surface area contributed by atoms with E-state index < -0.39 is 0 Å². The lowest BCUT2D eigenvalue weighted by Crippen LogP contribution is -2.09. The van der Waals surface area contributed by atoms with E-state index in [0.29, 0.717) is 28.6 Å². The Morgan fingerprint density at radius 3 is 2.59 bits per heavy atom. The number of rotatable bonds is 7. The Hall–Kier alpha value is -3.85. The molecule has 0 amide bonds. The van der Waals surface area contributed by atoms with Crippen LogP contribution in [-0.4, -0.2) is 36.9 Å². The van der Waals surface area contributed by atoms with Crippen molar-refractivity contribution in [1.82, 2.24) is 24.7 Å². The predicted octanol–water partition coefficient (Wildman–Crippen LogP) is 3.85. The van der Waals surface area contributed by atoms with Crippen molar-refractivity contribution in [2.75, 3.05) is 12.4 Å². The van der Waals surface area contributed by atoms with Crippen LogP contribution in [0.2, 0.25) is 0 Å². The van der Waals surface area contributed by atoms with Gasteiger partial charge in [0.15, 0.2) is 17.3 Å². The average molecular weight is 434 g/mol. The number of hydrogen-bond acceptors (Lipinski definition) is 7. The highest BCUT2D eigenvalue weighted by molar-refractivity contribution is 5.65. The lowest BCUT2D eigenvalue weighted by Gasteiger charge is -2.16. The molecule has 9 heteroatoms. The van der Waals surface area contributed by atoms with Crippen molar-refractivity contribution in [3.8, 4) is 22.8 Å². The minimum absolute atomic E-state index is 0.113. The summed E-state index contributed by atoms with van der Waals surface area (Å²) in [7, 11) is 1.54. The molecule has 3 heterocycles. The zero-order valence-corrected chi connectivity index (χ0v) is 18.0. The molecule has 1 atom stereocenters. The maximum absolute atomic E-state index is 13.2. The predicted molar refractivity (Wildman–Crippen MR) is 118 cm³/mol. The fraction of sp³-hybridized carbons (Fsp3) is 0.217. The first kappa shape index (κ1) is 21.4. The van der Waals surface area contributed by atoms with Gasteiger partial charge in [-0.3, -0.25) is 0 Å². The van der Waals surface area contributed by atoms with Gasteiger partial charge in [0.05, 0.1) is 48.9 Å². The topological polar surface area (TPSA) is 98.0 Å². The summed E-state index contributed by atoms with van der Waals surface area (Å²) < 4.78 is 20.5. The Morgan fingerprint density at radius 1 is 1.16 bits per heavy atom. The molecular formula is C23H23FN6O2. The van der Waals surface area contributed by atoms with Crippen LogP contribution in [0.5, 0.6) is 5.75 Å². The molecule has 0 saturated heterocycles. The number of aliphatic hydroxyl groups is 1. The van der Waals surface area contributed by atoms with Gasteiger partial charge in [-0.05, 0) is 43.7 Å². The van der Waals surface area contributed by atoms with Crippen molar-refractivity contribution in [3.63, 3.8) is 0 Å². The van der Waals surface area contributed by atoms with Crippen molar-refractivity contribution in [1.29, 1.82) is 0 Å². The summed E-state index contributed by atoms with van der Waals surface area (Å²) in [5.74, 6) is 0.711. The van der Waals surface area contributed by atoms with E-state index >= 15 is 0 Å². The molecule has 0 saturated carbocycles. The fourth-order valence-corrected chi connectivity index (χ4v) is 3.37. The fourth-order valence-electron chi connectivity index (χ4n) is 3.37. The van der Waals surface area contributed by atoms with E-state index in [-0.39, 0.29) is 18.5 Å². The molecule has 164 valence electrons.